The lowest BCUT2D eigenvalue weighted by Gasteiger charge is -2.14. The predicted molar refractivity (Wildman–Crippen MR) is 101 cm³/mol. The number of ether oxygens (including phenoxy) is 2. The van der Waals surface area contributed by atoms with Gasteiger partial charge >= 0.3 is 0 Å². The maximum atomic E-state index is 14.2. The Balaban J connectivity index is 2.00. The molecule has 2 aromatic carbocycles. The van der Waals surface area contributed by atoms with E-state index in [1.807, 2.05) is 19.1 Å². The summed E-state index contributed by atoms with van der Waals surface area (Å²) in [7, 11) is 0. The summed E-state index contributed by atoms with van der Waals surface area (Å²) in [5, 5.41) is 0. The van der Waals surface area contributed by atoms with Crippen LogP contribution in [0, 0.1) is 23.3 Å². The summed E-state index contributed by atoms with van der Waals surface area (Å²) in [6, 6.07) is 5.04. The van der Waals surface area contributed by atoms with Gasteiger partial charge in [0.05, 0.1) is 6.61 Å². The second-order valence-corrected chi connectivity index (χ2v) is 6.35. The van der Waals surface area contributed by atoms with Crippen LogP contribution >= 0.6 is 0 Å². The van der Waals surface area contributed by atoms with Gasteiger partial charge in [0.2, 0.25) is 11.6 Å². The molecule has 0 heterocycles. The number of hydrogen-bond donors (Lipinski definition) is 0. The highest BCUT2D eigenvalue weighted by atomic mass is 19.2. The van der Waals surface area contributed by atoms with Gasteiger partial charge in [0.15, 0.2) is 23.1 Å². The first-order valence-electron chi connectivity index (χ1n) is 9.33. The van der Waals surface area contributed by atoms with Gasteiger partial charge in [0.25, 0.3) is 0 Å². The molecule has 1 atom stereocenters. The smallest absolute Gasteiger partial charge is 0.200 e. The summed E-state index contributed by atoms with van der Waals surface area (Å²) in [5.41, 5.74) is -0.00952. The van der Waals surface area contributed by atoms with Crippen LogP contribution in [0.15, 0.2) is 36.4 Å². The third-order valence-electron chi connectivity index (χ3n) is 4.23. The van der Waals surface area contributed by atoms with Crippen molar-refractivity contribution in [3.05, 3.63) is 70.8 Å². The number of allylic oxidation sites excluding steroid dienone is 2. The largest absolute Gasteiger partial charge is 0.491 e. The van der Waals surface area contributed by atoms with Gasteiger partial charge in [-0.3, -0.25) is 0 Å². The quantitative estimate of drug-likeness (QED) is 0.345. The SMILES string of the molecule is C/C=C/CCc1ccc(OCC(F)Cc2ccc(OCC)c(F)c2F)c(F)c1F. The highest BCUT2D eigenvalue weighted by Gasteiger charge is 2.20. The minimum absolute atomic E-state index is 0.158. The van der Waals surface area contributed by atoms with Crippen molar-refractivity contribution < 1.29 is 31.4 Å². The molecule has 1 unspecified atom stereocenters. The third-order valence-corrected chi connectivity index (χ3v) is 4.23. The van der Waals surface area contributed by atoms with Crippen LogP contribution < -0.4 is 9.47 Å². The van der Waals surface area contributed by atoms with Crippen molar-refractivity contribution in [3.8, 4) is 11.5 Å². The summed E-state index contributed by atoms with van der Waals surface area (Å²) in [6.45, 7) is 2.97. The van der Waals surface area contributed by atoms with E-state index >= 15 is 0 Å². The standard InChI is InChI=1S/C22H23F5O2/c1-3-5-6-7-14-8-10-18(22(27)19(14)24)29-13-16(23)12-15-9-11-17(28-4-2)21(26)20(15)25/h3,5,8-11,16H,4,6-7,12-13H2,1-2H3/b5-3+. The van der Waals surface area contributed by atoms with Crippen LogP contribution in [0.2, 0.25) is 0 Å². The second kappa shape index (κ2) is 10.8. The first kappa shape index (κ1) is 22.7. The topological polar surface area (TPSA) is 18.5 Å². The predicted octanol–water partition coefficient (Wildman–Crippen LogP) is 6.11. The Labute approximate surface area is 167 Å². The van der Waals surface area contributed by atoms with Crippen LogP contribution in [-0.4, -0.2) is 19.4 Å². The van der Waals surface area contributed by atoms with Gasteiger partial charge in [-0.05, 0) is 49.9 Å². The van der Waals surface area contributed by atoms with Crippen LogP contribution in [0.5, 0.6) is 11.5 Å². The van der Waals surface area contributed by atoms with E-state index in [0.29, 0.717) is 12.8 Å². The van der Waals surface area contributed by atoms with E-state index in [1.165, 1.54) is 24.3 Å². The average molecular weight is 414 g/mol. The van der Waals surface area contributed by atoms with E-state index in [-0.39, 0.29) is 23.5 Å². The van der Waals surface area contributed by atoms with Crippen molar-refractivity contribution in [1.29, 1.82) is 0 Å². The fourth-order valence-electron chi connectivity index (χ4n) is 2.76. The zero-order valence-corrected chi connectivity index (χ0v) is 16.3. The number of rotatable bonds is 10. The van der Waals surface area contributed by atoms with Crippen molar-refractivity contribution in [3.63, 3.8) is 0 Å². The van der Waals surface area contributed by atoms with E-state index in [0.717, 1.165) is 0 Å². The first-order chi connectivity index (χ1) is 13.9. The third kappa shape index (κ3) is 5.95. The van der Waals surface area contributed by atoms with Crippen LogP contribution in [0.25, 0.3) is 0 Å². The molecule has 0 aromatic heterocycles. The zero-order valence-electron chi connectivity index (χ0n) is 16.3. The summed E-state index contributed by atoms with van der Waals surface area (Å²) >= 11 is 0. The number of alkyl halides is 1. The lowest BCUT2D eigenvalue weighted by atomic mass is 10.1. The molecule has 2 nitrogen and oxygen atoms in total. The molecule has 0 fully saturated rings. The molecule has 0 saturated heterocycles. The van der Waals surface area contributed by atoms with Crippen molar-refractivity contribution in [2.24, 2.45) is 0 Å². The van der Waals surface area contributed by atoms with E-state index < -0.39 is 48.2 Å². The van der Waals surface area contributed by atoms with Gasteiger partial charge in [-0.15, -0.1) is 0 Å². The Hall–Kier alpha value is -2.57. The maximum absolute atomic E-state index is 14.2. The van der Waals surface area contributed by atoms with Crippen molar-refractivity contribution >= 4 is 0 Å². The van der Waals surface area contributed by atoms with Gasteiger partial charge in [0, 0.05) is 6.42 Å². The maximum Gasteiger partial charge on any atom is 0.200 e. The molecule has 2 rings (SSSR count). The monoisotopic (exact) mass is 414 g/mol. The molecule has 0 aliphatic rings. The van der Waals surface area contributed by atoms with Crippen molar-refractivity contribution in [1.82, 2.24) is 0 Å². The molecule has 0 bridgehead atoms. The Morgan fingerprint density at radius 1 is 0.862 bits per heavy atom. The molecule has 2 aromatic rings. The normalized spacial score (nSPS) is 12.4. The zero-order chi connectivity index (χ0) is 21.4. The number of benzene rings is 2. The summed E-state index contributed by atoms with van der Waals surface area (Å²) < 4.78 is 80.2. The molecule has 0 aliphatic heterocycles. The second-order valence-electron chi connectivity index (χ2n) is 6.35. The Kier molecular flexibility index (Phi) is 8.49. The highest BCUT2D eigenvalue weighted by molar-refractivity contribution is 5.32. The van der Waals surface area contributed by atoms with Crippen LogP contribution in [-0.2, 0) is 12.8 Å². The molecular formula is C22H23F5O2. The van der Waals surface area contributed by atoms with E-state index in [4.69, 9.17) is 9.47 Å². The molecule has 0 amide bonds. The molecule has 7 heteroatoms. The molecule has 0 spiro atoms. The molecular weight excluding hydrogens is 391 g/mol. The molecule has 0 N–H and O–H groups in total. The lowest BCUT2D eigenvalue weighted by molar-refractivity contribution is 0.187. The molecule has 158 valence electrons. The lowest BCUT2D eigenvalue weighted by Crippen LogP contribution is -2.17. The van der Waals surface area contributed by atoms with E-state index in [2.05, 4.69) is 0 Å². The van der Waals surface area contributed by atoms with Crippen LogP contribution in [0.1, 0.15) is 31.4 Å². The van der Waals surface area contributed by atoms with Gasteiger partial charge < -0.3 is 9.47 Å². The first-order valence-corrected chi connectivity index (χ1v) is 9.33. The minimum Gasteiger partial charge on any atom is -0.491 e. The summed E-state index contributed by atoms with van der Waals surface area (Å²) in [5.74, 6) is -5.33. The Morgan fingerprint density at radius 2 is 1.45 bits per heavy atom. The van der Waals surface area contributed by atoms with Crippen LogP contribution in [0.3, 0.4) is 0 Å². The van der Waals surface area contributed by atoms with E-state index in [9.17, 15) is 22.0 Å². The molecule has 0 saturated carbocycles. The fraction of sp³-hybridized carbons (Fsp3) is 0.364. The van der Waals surface area contributed by atoms with Gasteiger partial charge in [-0.25, -0.2) is 13.2 Å². The molecule has 29 heavy (non-hydrogen) atoms. The van der Waals surface area contributed by atoms with Crippen LogP contribution in [0.4, 0.5) is 22.0 Å². The highest BCUT2D eigenvalue weighted by Crippen LogP contribution is 2.26. The van der Waals surface area contributed by atoms with Gasteiger partial charge in [0.1, 0.15) is 12.8 Å². The van der Waals surface area contributed by atoms with Crippen molar-refractivity contribution in [2.45, 2.75) is 39.3 Å². The number of aryl methyl sites for hydroxylation is 1. The summed E-state index contributed by atoms with van der Waals surface area (Å²) in [4.78, 5) is 0. The van der Waals surface area contributed by atoms with E-state index in [1.54, 1.807) is 6.92 Å². The molecule has 0 radical (unpaired) electrons. The molecule has 0 aliphatic carbocycles. The van der Waals surface area contributed by atoms with Crippen molar-refractivity contribution in [2.75, 3.05) is 13.2 Å². The minimum atomic E-state index is -1.75. The number of hydrogen-bond acceptors (Lipinski definition) is 2. The Morgan fingerprint density at radius 3 is 2.07 bits per heavy atom. The average Bonchev–Trinajstić information content (AvgIpc) is 2.70. The van der Waals surface area contributed by atoms with Gasteiger partial charge in [-0.2, -0.15) is 8.78 Å². The summed E-state index contributed by atoms with van der Waals surface area (Å²) in [6.07, 6.45) is 2.29. The number of halogens is 5. The van der Waals surface area contributed by atoms with Gasteiger partial charge in [-0.1, -0.05) is 24.3 Å². The fourth-order valence-corrected chi connectivity index (χ4v) is 2.76. The Bertz CT molecular complexity index is 852.